The van der Waals surface area contributed by atoms with Crippen LogP contribution in [0.25, 0.3) is 99.2 Å². The summed E-state index contributed by atoms with van der Waals surface area (Å²) in [5.74, 6) is 1.87. The zero-order valence-corrected chi connectivity index (χ0v) is 25.2. The summed E-state index contributed by atoms with van der Waals surface area (Å²) in [6, 6.07) is 52.7. The molecule has 0 aliphatic heterocycles. The lowest BCUT2D eigenvalue weighted by molar-refractivity contribution is 0.673. The molecule has 10 aromatic rings. The van der Waals surface area contributed by atoms with Crippen LogP contribution in [0.4, 0.5) is 0 Å². The van der Waals surface area contributed by atoms with Crippen LogP contribution in [0.5, 0.6) is 0 Å². The summed E-state index contributed by atoms with van der Waals surface area (Å²) in [5.41, 5.74) is 4.47. The van der Waals surface area contributed by atoms with Crippen molar-refractivity contribution in [3.8, 4) is 34.2 Å². The third-order valence-corrected chi connectivity index (χ3v) is 9.26. The Balaban J connectivity index is 1.28. The zero-order chi connectivity index (χ0) is 30.9. The molecule has 0 unspecified atom stereocenters. The molecule has 218 valence electrons. The van der Waals surface area contributed by atoms with Crippen LogP contribution in [0.3, 0.4) is 0 Å². The van der Waals surface area contributed by atoms with Crippen LogP contribution in [0, 0.1) is 0 Å². The third-order valence-electron chi connectivity index (χ3n) is 9.26. The van der Waals surface area contributed by atoms with Crippen molar-refractivity contribution >= 4 is 65.0 Å². The van der Waals surface area contributed by atoms with Crippen LogP contribution < -0.4 is 0 Å². The van der Waals surface area contributed by atoms with Gasteiger partial charge in [0.1, 0.15) is 11.2 Å². The SMILES string of the molecule is c1ccc(-c2nc(-c3ccc4c(ccc5ccccc54)c3)nc(-c3cc4ccc5ccccc5c4c4oc5ccccc5c34)n2)cc1. The number of hydrogen-bond acceptors (Lipinski definition) is 4. The standard InChI is InChI=1S/C43H25N3O/c1-2-12-28(13-3-1)41-44-42(31-22-23-33-29(24-31)20-18-26-10-4-6-14-32(26)33)46-43(45-41)36-25-30-21-19-27-11-5-7-15-34(27)38(30)40-39(36)35-16-8-9-17-37(35)47-40/h1-25H. The second kappa shape index (κ2) is 10.1. The highest BCUT2D eigenvalue weighted by Crippen LogP contribution is 2.43. The molecule has 47 heavy (non-hydrogen) atoms. The zero-order valence-electron chi connectivity index (χ0n) is 25.2. The molecule has 2 aromatic heterocycles. The first-order chi connectivity index (χ1) is 23.3. The van der Waals surface area contributed by atoms with Gasteiger partial charge in [0.15, 0.2) is 17.5 Å². The number of aromatic nitrogens is 3. The highest BCUT2D eigenvalue weighted by molar-refractivity contribution is 6.26. The van der Waals surface area contributed by atoms with Gasteiger partial charge in [-0.2, -0.15) is 0 Å². The second-order valence-electron chi connectivity index (χ2n) is 12.0. The maximum Gasteiger partial charge on any atom is 0.164 e. The first-order valence-corrected chi connectivity index (χ1v) is 15.8. The molecule has 0 N–H and O–H groups in total. The van der Waals surface area contributed by atoms with Crippen molar-refractivity contribution in [2.45, 2.75) is 0 Å². The van der Waals surface area contributed by atoms with E-state index in [2.05, 4.69) is 109 Å². The molecule has 0 atom stereocenters. The van der Waals surface area contributed by atoms with Gasteiger partial charge in [0, 0.05) is 32.8 Å². The van der Waals surface area contributed by atoms with Crippen molar-refractivity contribution < 1.29 is 4.42 Å². The quantitative estimate of drug-likeness (QED) is 0.190. The Morgan fingerprint density at radius 2 is 0.957 bits per heavy atom. The summed E-state index contributed by atoms with van der Waals surface area (Å²) in [4.78, 5) is 15.4. The first kappa shape index (κ1) is 25.9. The molecule has 0 spiro atoms. The van der Waals surface area contributed by atoms with Crippen LogP contribution in [0.15, 0.2) is 156 Å². The molecule has 4 heteroatoms. The molecule has 2 heterocycles. The van der Waals surface area contributed by atoms with Crippen molar-refractivity contribution in [2.75, 3.05) is 0 Å². The predicted molar refractivity (Wildman–Crippen MR) is 193 cm³/mol. The molecule has 0 bridgehead atoms. The van der Waals surface area contributed by atoms with Gasteiger partial charge in [-0.15, -0.1) is 0 Å². The van der Waals surface area contributed by atoms with E-state index >= 15 is 0 Å². The molecule has 8 aromatic carbocycles. The lowest BCUT2D eigenvalue weighted by Crippen LogP contribution is -2.00. The Morgan fingerprint density at radius 3 is 1.79 bits per heavy atom. The predicted octanol–water partition coefficient (Wildman–Crippen LogP) is 11.4. The Kier molecular flexibility index (Phi) is 5.54. The van der Waals surface area contributed by atoms with Crippen LogP contribution in [-0.4, -0.2) is 15.0 Å². The van der Waals surface area contributed by atoms with Gasteiger partial charge < -0.3 is 4.42 Å². The number of fused-ring (bicyclic) bond motifs is 10. The van der Waals surface area contributed by atoms with Gasteiger partial charge in [-0.1, -0.05) is 133 Å². The van der Waals surface area contributed by atoms with Crippen LogP contribution in [0.1, 0.15) is 0 Å². The van der Waals surface area contributed by atoms with Gasteiger partial charge in [0.25, 0.3) is 0 Å². The van der Waals surface area contributed by atoms with E-state index in [-0.39, 0.29) is 0 Å². The Bertz CT molecular complexity index is 2850. The average molecular weight is 600 g/mol. The Labute approximate surface area is 269 Å². The van der Waals surface area contributed by atoms with Crippen molar-refractivity contribution in [3.05, 3.63) is 152 Å². The van der Waals surface area contributed by atoms with E-state index < -0.39 is 0 Å². The monoisotopic (exact) mass is 599 g/mol. The number of rotatable bonds is 3. The fraction of sp³-hybridized carbons (Fsp3) is 0. The summed E-state index contributed by atoms with van der Waals surface area (Å²) in [6.07, 6.45) is 0. The van der Waals surface area contributed by atoms with Gasteiger partial charge >= 0.3 is 0 Å². The van der Waals surface area contributed by atoms with E-state index in [9.17, 15) is 0 Å². The first-order valence-electron chi connectivity index (χ1n) is 15.8. The largest absolute Gasteiger partial charge is 0.455 e. The van der Waals surface area contributed by atoms with Gasteiger partial charge in [-0.3, -0.25) is 0 Å². The van der Waals surface area contributed by atoms with Gasteiger partial charge in [-0.05, 0) is 55.9 Å². The van der Waals surface area contributed by atoms with Crippen LogP contribution in [0.2, 0.25) is 0 Å². The van der Waals surface area contributed by atoms with Gasteiger partial charge in [0.05, 0.1) is 0 Å². The molecular weight excluding hydrogens is 574 g/mol. The summed E-state index contributed by atoms with van der Waals surface area (Å²) in [6.45, 7) is 0. The molecule has 0 aliphatic rings. The fourth-order valence-corrected chi connectivity index (χ4v) is 7.05. The van der Waals surface area contributed by atoms with E-state index in [0.29, 0.717) is 17.5 Å². The minimum absolute atomic E-state index is 0.610. The third kappa shape index (κ3) is 4.05. The lowest BCUT2D eigenvalue weighted by Gasteiger charge is -2.12. The molecule has 0 aliphatic carbocycles. The molecule has 0 saturated carbocycles. The van der Waals surface area contributed by atoms with Gasteiger partial charge in [0.2, 0.25) is 0 Å². The van der Waals surface area contributed by atoms with E-state index in [4.69, 9.17) is 19.4 Å². The summed E-state index contributed by atoms with van der Waals surface area (Å²) in [5, 5.41) is 11.3. The molecular formula is C43H25N3O. The van der Waals surface area contributed by atoms with Crippen molar-refractivity contribution in [2.24, 2.45) is 0 Å². The average Bonchev–Trinajstić information content (AvgIpc) is 3.54. The number of benzene rings is 8. The lowest BCUT2D eigenvalue weighted by atomic mass is 9.95. The van der Waals surface area contributed by atoms with E-state index in [1.165, 1.54) is 21.5 Å². The number of para-hydroxylation sites is 1. The molecule has 0 radical (unpaired) electrons. The summed E-state index contributed by atoms with van der Waals surface area (Å²) < 4.78 is 6.68. The summed E-state index contributed by atoms with van der Waals surface area (Å²) in [7, 11) is 0. The molecule has 10 rings (SSSR count). The second-order valence-corrected chi connectivity index (χ2v) is 12.0. The van der Waals surface area contributed by atoms with E-state index in [1.807, 2.05) is 42.5 Å². The maximum atomic E-state index is 6.68. The molecule has 0 saturated heterocycles. The molecule has 0 fully saturated rings. The highest BCUT2D eigenvalue weighted by atomic mass is 16.3. The summed E-state index contributed by atoms with van der Waals surface area (Å²) >= 11 is 0. The van der Waals surface area contributed by atoms with Crippen molar-refractivity contribution in [1.29, 1.82) is 0 Å². The van der Waals surface area contributed by atoms with E-state index in [0.717, 1.165) is 60.2 Å². The number of nitrogens with zero attached hydrogens (tertiary/aromatic N) is 3. The normalized spacial score (nSPS) is 11.8. The van der Waals surface area contributed by atoms with Crippen molar-refractivity contribution in [3.63, 3.8) is 0 Å². The number of furan rings is 1. The van der Waals surface area contributed by atoms with Crippen LogP contribution >= 0.6 is 0 Å². The smallest absolute Gasteiger partial charge is 0.164 e. The molecule has 0 amide bonds. The van der Waals surface area contributed by atoms with Crippen LogP contribution in [-0.2, 0) is 0 Å². The topological polar surface area (TPSA) is 51.8 Å². The Hall–Kier alpha value is -6.39. The van der Waals surface area contributed by atoms with E-state index in [1.54, 1.807) is 0 Å². The number of hydrogen-bond donors (Lipinski definition) is 0. The van der Waals surface area contributed by atoms with Gasteiger partial charge in [-0.25, -0.2) is 15.0 Å². The molecule has 4 nitrogen and oxygen atoms in total. The minimum Gasteiger partial charge on any atom is -0.455 e. The fourth-order valence-electron chi connectivity index (χ4n) is 7.05. The Morgan fingerprint density at radius 1 is 0.362 bits per heavy atom. The maximum absolute atomic E-state index is 6.68. The minimum atomic E-state index is 0.610. The van der Waals surface area contributed by atoms with Crippen molar-refractivity contribution in [1.82, 2.24) is 15.0 Å². The highest BCUT2D eigenvalue weighted by Gasteiger charge is 2.21.